The molecule has 2 aromatic carbocycles. The quantitative estimate of drug-likeness (QED) is 0.311. The minimum atomic E-state index is -0.936. The molecule has 1 fully saturated rings. The largest absolute Gasteiger partial charge is 0.444 e. The lowest BCUT2D eigenvalue weighted by atomic mass is 9.91. The van der Waals surface area contributed by atoms with Gasteiger partial charge in [0.1, 0.15) is 11.1 Å². The number of benzene rings is 2. The highest BCUT2D eigenvalue weighted by Crippen LogP contribution is 2.32. The van der Waals surface area contributed by atoms with E-state index < -0.39 is 11.4 Å². The molecule has 1 saturated heterocycles. The van der Waals surface area contributed by atoms with Crippen LogP contribution in [0.25, 0.3) is 11.2 Å². The van der Waals surface area contributed by atoms with E-state index in [9.17, 15) is 4.79 Å². The van der Waals surface area contributed by atoms with Gasteiger partial charge >= 0.3 is 6.09 Å². The summed E-state index contributed by atoms with van der Waals surface area (Å²) in [6.07, 6.45) is 4.34. The topological polar surface area (TPSA) is 108 Å². The van der Waals surface area contributed by atoms with Crippen molar-refractivity contribution in [3.05, 3.63) is 84.3 Å². The van der Waals surface area contributed by atoms with Gasteiger partial charge in [-0.15, -0.1) is 0 Å². The summed E-state index contributed by atoms with van der Waals surface area (Å²) in [7, 11) is 0. The highest BCUT2D eigenvalue weighted by atomic mass is 16.6. The van der Waals surface area contributed by atoms with Gasteiger partial charge in [0, 0.05) is 25.4 Å². The normalized spacial score (nSPS) is 17.9. The summed E-state index contributed by atoms with van der Waals surface area (Å²) in [6.45, 7) is 6.74. The van der Waals surface area contributed by atoms with E-state index >= 15 is 0 Å². The minimum Gasteiger partial charge on any atom is -0.444 e. The number of imidazole rings is 1. The zero-order chi connectivity index (χ0) is 25.9. The molecule has 9 nitrogen and oxygen atoms in total. The highest BCUT2D eigenvalue weighted by Gasteiger charge is 2.46. The molecule has 0 bridgehead atoms. The third kappa shape index (κ3) is 5.56. The molecule has 1 unspecified atom stereocenters. The first-order valence-electron chi connectivity index (χ1n) is 12.6. The van der Waals surface area contributed by atoms with E-state index in [1.807, 2.05) is 32.9 Å². The van der Waals surface area contributed by atoms with Crippen LogP contribution in [-0.2, 0) is 4.74 Å². The summed E-state index contributed by atoms with van der Waals surface area (Å²) in [4.78, 5) is 31.4. The fourth-order valence-electron chi connectivity index (χ4n) is 4.79. The Kier molecular flexibility index (Phi) is 6.80. The number of nitrogens with one attached hydrogen (secondary N) is 3. The van der Waals surface area contributed by atoms with Gasteiger partial charge in [-0.25, -0.2) is 14.8 Å². The standard InChI is InChI=1S/C28H33N7O2/c1-27(2,3)37-26(36)35-16-10-15-28(35,34-25-29-18-23-24(33-25)31-19-30-23)32-17-22(20-11-6-4-7-12-20)21-13-8-5-9-14-21/h4-9,11-14,18-19,22,32H,10,15-17H2,1-3H3,(H2,29,30,31,33,34). The summed E-state index contributed by atoms with van der Waals surface area (Å²) in [5.74, 6) is -0.482. The number of carbonyl (C=O) groups excluding carboxylic acids is 1. The first-order chi connectivity index (χ1) is 17.8. The average Bonchev–Trinajstić information content (AvgIpc) is 3.51. The van der Waals surface area contributed by atoms with Crippen LogP contribution in [0.5, 0.6) is 0 Å². The Bertz CT molecular complexity index is 1300. The molecule has 0 saturated carbocycles. The van der Waals surface area contributed by atoms with Crippen LogP contribution in [0, 0.1) is 0 Å². The molecule has 0 radical (unpaired) electrons. The number of fused-ring (bicyclic) bond motifs is 1. The van der Waals surface area contributed by atoms with Crippen LogP contribution < -0.4 is 10.6 Å². The number of likely N-dealkylation sites (tertiary alicyclic amines) is 1. The molecule has 3 N–H and O–H groups in total. The maximum absolute atomic E-state index is 13.4. The van der Waals surface area contributed by atoms with Crippen LogP contribution >= 0.6 is 0 Å². The van der Waals surface area contributed by atoms with Crippen LogP contribution in [0.1, 0.15) is 50.7 Å². The van der Waals surface area contributed by atoms with Crippen LogP contribution in [0.15, 0.2) is 73.2 Å². The number of amides is 1. The summed E-state index contributed by atoms with van der Waals surface area (Å²) in [5, 5.41) is 7.15. The van der Waals surface area contributed by atoms with Crippen molar-refractivity contribution in [3.8, 4) is 0 Å². The summed E-state index contributed by atoms with van der Waals surface area (Å²) >= 11 is 0. The van der Waals surface area contributed by atoms with Crippen molar-refractivity contribution in [2.75, 3.05) is 18.4 Å². The molecule has 37 heavy (non-hydrogen) atoms. The van der Waals surface area contributed by atoms with Crippen LogP contribution in [-0.4, -0.2) is 55.4 Å². The number of carbonyl (C=O) groups is 1. The molecule has 5 rings (SSSR count). The smallest absolute Gasteiger partial charge is 0.413 e. The Morgan fingerprint density at radius 1 is 1.08 bits per heavy atom. The molecular weight excluding hydrogens is 466 g/mol. The second-order valence-electron chi connectivity index (χ2n) is 10.3. The van der Waals surface area contributed by atoms with E-state index in [0.29, 0.717) is 31.1 Å². The number of ether oxygens (including phenoxy) is 1. The van der Waals surface area contributed by atoms with Crippen molar-refractivity contribution < 1.29 is 9.53 Å². The number of aromatic amines is 1. The third-order valence-electron chi connectivity index (χ3n) is 6.49. The molecule has 0 spiro atoms. The van der Waals surface area contributed by atoms with Gasteiger partial charge < -0.3 is 15.0 Å². The number of rotatable bonds is 7. The van der Waals surface area contributed by atoms with E-state index in [4.69, 9.17) is 4.74 Å². The molecule has 1 amide bonds. The zero-order valence-electron chi connectivity index (χ0n) is 21.4. The first kappa shape index (κ1) is 24.7. The zero-order valence-corrected chi connectivity index (χ0v) is 21.4. The van der Waals surface area contributed by atoms with Crippen LogP contribution in [0.4, 0.5) is 10.7 Å². The Balaban J connectivity index is 1.48. The van der Waals surface area contributed by atoms with Crippen molar-refractivity contribution >= 4 is 23.2 Å². The number of aromatic nitrogens is 4. The number of H-pyrrole nitrogens is 1. The van der Waals surface area contributed by atoms with Gasteiger partial charge in [-0.05, 0) is 38.3 Å². The van der Waals surface area contributed by atoms with Gasteiger partial charge in [0.25, 0.3) is 0 Å². The van der Waals surface area contributed by atoms with E-state index in [1.165, 1.54) is 11.1 Å². The van der Waals surface area contributed by atoms with Gasteiger partial charge in [-0.2, -0.15) is 4.98 Å². The van der Waals surface area contributed by atoms with Gasteiger partial charge in [-0.1, -0.05) is 60.7 Å². The average molecular weight is 500 g/mol. The van der Waals surface area contributed by atoms with Crippen molar-refractivity contribution in [1.29, 1.82) is 0 Å². The van der Waals surface area contributed by atoms with Crippen molar-refractivity contribution in [3.63, 3.8) is 0 Å². The summed E-state index contributed by atoms with van der Waals surface area (Å²) in [5.41, 5.74) is 3.06. The molecule has 2 aromatic heterocycles. The monoisotopic (exact) mass is 499 g/mol. The number of hydrogen-bond acceptors (Lipinski definition) is 7. The highest BCUT2D eigenvalue weighted by molar-refractivity contribution is 5.71. The number of hydrogen-bond donors (Lipinski definition) is 3. The Labute approximate surface area is 216 Å². The lowest BCUT2D eigenvalue weighted by Crippen LogP contribution is -2.63. The molecule has 9 heteroatoms. The van der Waals surface area contributed by atoms with Gasteiger partial charge in [0.15, 0.2) is 11.4 Å². The summed E-state index contributed by atoms with van der Waals surface area (Å²) < 4.78 is 5.80. The Morgan fingerprint density at radius 2 is 1.76 bits per heavy atom. The fraction of sp³-hybridized carbons (Fsp3) is 0.357. The molecule has 1 atom stereocenters. The first-order valence-corrected chi connectivity index (χ1v) is 12.6. The van der Waals surface area contributed by atoms with Crippen LogP contribution in [0.2, 0.25) is 0 Å². The lowest BCUT2D eigenvalue weighted by Gasteiger charge is -2.41. The number of nitrogens with zero attached hydrogens (tertiary/aromatic N) is 4. The molecule has 1 aliphatic heterocycles. The van der Waals surface area contributed by atoms with E-state index in [0.717, 1.165) is 11.9 Å². The third-order valence-corrected chi connectivity index (χ3v) is 6.49. The van der Waals surface area contributed by atoms with Gasteiger partial charge in [-0.3, -0.25) is 10.2 Å². The van der Waals surface area contributed by atoms with Crippen molar-refractivity contribution in [1.82, 2.24) is 30.2 Å². The van der Waals surface area contributed by atoms with Crippen LogP contribution in [0.3, 0.4) is 0 Å². The molecule has 4 aromatic rings. The Morgan fingerprint density at radius 3 is 2.41 bits per heavy atom. The number of anilines is 1. The van der Waals surface area contributed by atoms with Gasteiger partial charge in [0.05, 0.1) is 12.5 Å². The molecule has 192 valence electrons. The molecule has 3 heterocycles. The minimum absolute atomic E-state index is 0.0666. The fourth-order valence-corrected chi connectivity index (χ4v) is 4.79. The maximum Gasteiger partial charge on any atom is 0.413 e. The van der Waals surface area contributed by atoms with Gasteiger partial charge in [0.2, 0.25) is 5.95 Å². The second kappa shape index (κ2) is 10.2. The summed E-state index contributed by atoms with van der Waals surface area (Å²) in [6, 6.07) is 20.8. The molecule has 1 aliphatic rings. The van der Waals surface area contributed by atoms with Crippen molar-refractivity contribution in [2.45, 2.75) is 50.9 Å². The lowest BCUT2D eigenvalue weighted by molar-refractivity contribution is 0.00638. The molecule has 0 aliphatic carbocycles. The molecular formula is C28H33N7O2. The predicted octanol–water partition coefficient (Wildman–Crippen LogP) is 4.87. The second-order valence-corrected chi connectivity index (χ2v) is 10.3. The maximum atomic E-state index is 13.4. The van der Waals surface area contributed by atoms with E-state index in [2.05, 4.69) is 79.1 Å². The predicted molar refractivity (Wildman–Crippen MR) is 143 cm³/mol. The Hall–Kier alpha value is -3.98. The van der Waals surface area contributed by atoms with E-state index in [1.54, 1.807) is 17.4 Å². The van der Waals surface area contributed by atoms with E-state index in [-0.39, 0.29) is 12.0 Å². The van der Waals surface area contributed by atoms with Crippen molar-refractivity contribution in [2.24, 2.45) is 0 Å². The SMILES string of the molecule is CC(C)(C)OC(=O)N1CCCC1(NCC(c1ccccc1)c1ccccc1)Nc1ncc2[nH]cnc2n1.